The molecule has 0 atom stereocenters. The molecule has 0 N–H and O–H groups in total. The van der Waals surface area contributed by atoms with Gasteiger partial charge in [-0.25, -0.2) is 0 Å². The molecule has 88 valence electrons. The predicted octanol–water partition coefficient (Wildman–Crippen LogP) is 4.23. The van der Waals surface area contributed by atoms with Crippen LogP contribution >= 0.6 is 23.2 Å². The van der Waals surface area contributed by atoms with Crippen LogP contribution in [0.25, 0.3) is 0 Å². The van der Waals surface area contributed by atoms with Crippen LogP contribution in [-0.4, -0.2) is 4.92 Å². The highest BCUT2D eigenvalue weighted by atomic mass is 35.5. The van der Waals surface area contributed by atoms with E-state index in [0.29, 0.717) is 0 Å². The number of hydrogen-bond acceptors (Lipinski definition) is 2. The molecule has 0 spiro atoms. The van der Waals surface area contributed by atoms with Gasteiger partial charge in [0.25, 0.3) is 5.69 Å². The summed E-state index contributed by atoms with van der Waals surface area (Å²) in [5.41, 5.74) is -2.50. The molecule has 16 heavy (non-hydrogen) atoms. The summed E-state index contributed by atoms with van der Waals surface area (Å²) in [5.74, 6) is 0. The molecule has 3 nitrogen and oxygen atoms in total. The zero-order chi connectivity index (χ0) is 12.7. The molecule has 0 fully saturated rings. The van der Waals surface area contributed by atoms with Crippen LogP contribution in [0.3, 0.4) is 0 Å². The van der Waals surface area contributed by atoms with Crippen LogP contribution in [-0.2, 0) is 6.18 Å². The minimum absolute atomic E-state index is 0.117. The van der Waals surface area contributed by atoms with Gasteiger partial charge in [-0.3, -0.25) is 10.1 Å². The predicted molar refractivity (Wildman–Crippen MR) is 52.9 cm³/mol. The quantitative estimate of drug-likeness (QED) is 0.568. The van der Waals surface area contributed by atoms with Crippen molar-refractivity contribution in [3.05, 3.63) is 37.4 Å². The van der Waals surface area contributed by atoms with Crippen LogP contribution in [0.1, 0.15) is 11.1 Å². The highest BCUT2D eigenvalue weighted by Crippen LogP contribution is 2.44. The molecule has 1 rings (SSSR count). The summed E-state index contributed by atoms with van der Waals surface area (Å²) in [7, 11) is 0. The highest BCUT2D eigenvalue weighted by molar-refractivity contribution is 6.43. The summed E-state index contributed by atoms with van der Waals surface area (Å²) >= 11 is 10.9. The normalized spacial score (nSPS) is 11.6. The van der Waals surface area contributed by atoms with E-state index in [0.717, 1.165) is 6.07 Å². The van der Waals surface area contributed by atoms with Gasteiger partial charge in [-0.1, -0.05) is 23.2 Å². The molecule has 8 heteroatoms. The van der Waals surface area contributed by atoms with Crippen molar-refractivity contribution in [1.82, 2.24) is 0 Å². The lowest BCUT2D eigenvalue weighted by molar-refractivity contribution is -0.388. The molecule has 0 saturated carbocycles. The van der Waals surface area contributed by atoms with Crippen molar-refractivity contribution in [1.29, 1.82) is 0 Å². The van der Waals surface area contributed by atoms with Gasteiger partial charge in [0.15, 0.2) is 5.56 Å². The van der Waals surface area contributed by atoms with E-state index in [9.17, 15) is 23.3 Å². The first-order chi connectivity index (χ1) is 7.16. The monoisotopic (exact) mass is 273 g/mol. The molecule has 0 unspecified atom stereocenters. The Morgan fingerprint density at radius 1 is 1.31 bits per heavy atom. The number of benzene rings is 1. The second-order valence-corrected chi connectivity index (χ2v) is 3.73. The lowest BCUT2D eigenvalue weighted by atomic mass is 10.1. The molecule has 0 aliphatic carbocycles. The van der Waals surface area contributed by atoms with Gasteiger partial charge >= 0.3 is 6.18 Å². The molecule has 1 aromatic carbocycles. The van der Waals surface area contributed by atoms with Crippen molar-refractivity contribution in [2.45, 2.75) is 13.1 Å². The van der Waals surface area contributed by atoms with E-state index >= 15 is 0 Å². The Bertz CT molecular complexity index is 460. The fraction of sp³-hybridized carbons (Fsp3) is 0.250. The molecule has 0 aromatic heterocycles. The average Bonchev–Trinajstić information content (AvgIpc) is 2.10. The Labute approximate surface area is 97.9 Å². The fourth-order valence-corrected chi connectivity index (χ4v) is 1.65. The second-order valence-electron chi connectivity index (χ2n) is 2.97. The number of nitro groups is 1. The fourth-order valence-electron chi connectivity index (χ4n) is 1.15. The van der Waals surface area contributed by atoms with Gasteiger partial charge in [0.1, 0.15) is 0 Å². The maximum atomic E-state index is 12.5. The summed E-state index contributed by atoms with van der Waals surface area (Å²) in [6.45, 7) is 1.33. The summed E-state index contributed by atoms with van der Waals surface area (Å²) in [4.78, 5) is 9.35. The van der Waals surface area contributed by atoms with E-state index in [1.54, 1.807) is 0 Å². The lowest BCUT2D eigenvalue weighted by Crippen LogP contribution is -2.10. The van der Waals surface area contributed by atoms with Crippen molar-refractivity contribution >= 4 is 28.9 Å². The minimum atomic E-state index is -4.92. The number of nitro benzene ring substituents is 1. The van der Waals surface area contributed by atoms with E-state index < -0.39 is 27.4 Å². The topological polar surface area (TPSA) is 43.1 Å². The standard InChI is InChI=1S/C8H4Cl2F3NO2/c1-3-2-4(14(15)16)5(8(11,12)13)7(10)6(3)9/h2H,1H3. The van der Waals surface area contributed by atoms with Gasteiger partial charge in [-0.2, -0.15) is 13.2 Å². The molecular weight excluding hydrogens is 270 g/mol. The Morgan fingerprint density at radius 3 is 2.19 bits per heavy atom. The van der Waals surface area contributed by atoms with Crippen LogP contribution in [0.5, 0.6) is 0 Å². The van der Waals surface area contributed by atoms with E-state index in [2.05, 4.69) is 0 Å². The minimum Gasteiger partial charge on any atom is -0.258 e. The van der Waals surface area contributed by atoms with Crippen LogP contribution in [0, 0.1) is 17.0 Å². The summed E-state index contributed by atoms with van der Waals surface area (Å²) in [6, 6.07) is 0.747. The van der Waals surface area contributed by atoms with E-state index in [1.807, 2.05) is 0 Å². The first-order valence-corrected chi connectivity index (χ1v) is 4.62. The molecule has 0 radical (unpaired) electrons. The number of halogens is 5. The number of hydrogen-bond donors (Lipinski definition) is 0. The van der Waals surface area contributed by atoms with Gasteiger partial charge < -0.3 is 0 Å². The largest absolute Gasteiger partial charge is 0.424 e. The van der Waals surface area contributed by atoms with Gasteiger partial charge in [-0.15, -0.1) is 0 Å². The molecule has 1 aromatic rings. The number of alkyl halides is 3. The number of nitrogens with zero attached hydrogens (tertiary/aromatic N) is 1. The second kappa shape index (κ2) is 4.10. The Morgan fingerprint density at radius 2 is 1.81 bits per heavy atom. The van der Waals surface area contributed by atoms with Crippen molar-refractivity contribution in [3.63, 3.8) is 0 Å². The molecule has 0 amide bonds. The Hall–Kier alpha value is -1.01. The van der Waals surface area contributed by atoms with Crippen molar-refractivity contribution in [2.75, 3.05) is 0 Å². The maximum Gasteiger partial charge on any atom is 0.424 e. The van der Waals surface area contributed by atoms with Crippen LogP contribution in [0.15, 0.2) is 6.07 Å². The van der Waals surface area contributed by atoms with Crippen LogP contribution in [0.2, 0.25) is 10.0 Å². The van der Waals surface area contributed by atoms with Crippen LogP contribution in [0.4, 0.5) is 18.9 Å². The molecule has 0 bridgehead atoms. The third-order valence-corrected chi connectivity index (χ3v) is 2.81. The Balaban J connectivity index is 3.68. The first-order valence-electron chi connectivity index (χ1n) is 3.86. The molecule has 0 heterocycles. The number of rotatable bonds is 1. The van der Waals surface area contributed by atoms with Gasteiger partial charge in [0.05, 0.1) is 15.0 Å². The lowest BCUT2D eigenvalue weighted by Gasteiger charge is -2.11. The van der Waals surface area contributed by atoms with E-state index in [1.165, 1.54) is 6.92 Å². The van der Waals surface area contributed by atoms with Gasteiger partial charge in [0, 0.05) is 6.07 Å². The highest BCUT2D eigenvalue weighted by Gasteiger charge is 2.42. The third-order valence-electron chi connectivity index (χ3n) is 1.85. The van der Waals surface area contributed by atoms with Crippen LogP contribution < -0.4 is 0 Å². The molecule has 0 aliphatic rings. The SMILES string of the molecule is Cc1cc([N+](=O)[O-])c(C(F)(F)F)c(Cl)c1Cl. The van der Waals surface area contributed by atoms with Crippen molar-refractivity contribution in [2.24, 2.45) is 0 Å². The van der Waals surface area contributed by atoms with Crippen molar-refractivity contribution in [3.8, 4) is 0 Å². The Kier molecular flexibility index (Phi) is 3.35. The van der Waals surface area contributed by atoms with Crippen molar-refractivity contribution < 1.29 is 18.1 Å². The van der Waals surface area contributed by atoms with Gasteiger partial charge in [-0.05, 0) is 12.5 Å². The number of aryl methyl sites for hydroxylation is 1. The average molecular weight is 274 g/mol. The molecule has 0 aliphatic heterocycles. The maximum absolute atomic E-state index is 12.5. The summed E-state index contributed by atoms with van der Waals surface area (Å²) in [5, 5.41) is 9.31. The smallest absolute Gasteiger partial charge is 0.258 e. The zero-order valence-corrected chi connectivity index (χ0v) is 9.24. The van der Waals surface area contributed by atoms with E-state index in [4.69, 9.17) is 23.2 Å². The first kappa shape index (κ1) is 13.1. The summed E-state index contributed by atoms with van der Waals surface area (Å²) in [6.07, 6.45) is -4.92. The zero-order valence-electron chi connectivity index (χ0n) is 7.73. The molecule has 0 saturated heterocycles. The van der Waals surface area contributed by atoms with Gasteiger partial charge in [0.2, 0.25) is 0 Å². The van der Waals surface area contributed by atoms with E-state index in [-0.39, 0.29) is 10.6 Å². The molecular formula is C8H4Cl2F3NO2. The third kappa shape index (κ3) is 2.22. The summed E-state index contributed by atoms with van der Waals surface area (Å²) < 4.78 is 37.6.